The highest BCUT2D eigenvalue weighted by Gasteiger charge is 2.35. The van der Waals surface area contributed by atoms with Crippen LogP contribution in [0.15, 0.2) is 24.3 Å². The molecule has 1 heterocycles. The number of alkyl halides is 3. The first-order valence-electron chi connectivity index (χ1n) is 5.81. The highest BCUT2D eigenvalue weighted by atomic mass is 19.4. The molecule has 2 aromatic rings. The summed E-state index contributed by atoms with van der Waals surface area (Å²) in [5.74, 6) is -0.711. The number of aromatic nitrogens is 2. The average Bonchev–Trinajstić information content (AvgIpc) is 2.79. The molecular weight excluding hydrogens is 325 g/mol. The highest BCUT2D eigenvalue weighted by molar-refractivity contribution is 5.56. The lowest BCUT2D eigenvalue weighted by molar-refractivity contribution is -0.422. The summed E-state index contributed by atoms with van der Waals surface area (Å²) < 4.78 is 43.4. The van der Waals surface area contributed by atoms with E-state index in [9.17, 15) is 33.4 Å². The Kier molecular flexibility index (Phi) is 3.91. The van der Waals surface area contributed by atoms with Crippen molar-refractivity contribution < 1.29 is 27.8 Å². The summed E-state index contributed by atoms with van der Waals surface area (Å²) in [7, 11) is 1.05. The quantitative estimate of drug-likeness (QED) is 0.628. The van der Waals surface area contributed by atoms with E-state index in [2.05, 4.69) is 5.10 Å². The Morgan fingerprint density at radius 1 is 1.13 bits per heavy atom. The van der Waals surface area contributed by atoms with E-state index in [1.807, 2.05) is 0 Å². The number of aryl methyl sites for hydroxylation is 1. The predicted molar refractivity (Wildman–Crippen MR) is 68.0 cm³/mol. The van der Waals surface area contributed by atoms with Crippen molar-refractivity contribution >= 4 is 11.4 Å². The van der Waals surface area contributed by atoms with E-state index in [0.717, 1.165) is 25.2 Å². The van der Waals surface area contributed by atoms with Gasteiger partial charge < -0.3 is 4.74 Å². The Morgan fingerprint density at radius 3 is 2.22 bits per heavy atom. The molecule has 0 bridgehead atoms. The molecule has 23 heavy (non-hydrogen) atoms. The first-order chi connectivity index (χ1) is 10.6. The van der Waals surface area contributed by atoms with E-state index in [4.69, 9.17) is 4.74 Å². The van der Waals surface area contributed by atoms with Crippen molar-refractivity contribution in [3.8, 4) is 11.6 Å². The van der Waals surface area contributed by atoms with Crippen molar-refractivity contribution in [3.63, 3.8) is 0 Å². The molecule has 2 rings (SSSR count). The summed E-state index contributed by atoms with van der Waals surface area (Å²) in [6.07, 6.45) is -4.65. The predicted octanol–water partition coefficient (Wildman–Crippen LogP) is 3.05. The van der Waals surface area contributed by atoms with Gasteiger partial charge in [-0.15, -0.1) is 5.10 Å². The third-order valence-corrected chi connectivity index (χ3v) is 2.71. The van der Waals surface area contributed by atoms with Gasteiger partial charge in [0.1, 0.15) is 11.4 Å². The number of nitro groups is 2. The van der Waals surface area contributed by atoms with Crippen molar-refractivity contribution in [1.82, 2.24) is 9.78 Å². The molecule has 1 aromatic carbocycles. The van der Waals surface area contributed by atoms with Crippen LogP contribution in [0.4, 0.5) is 24.5 Å². The number of halogens is 3. The molecule has 0 spiro atoms. The Bertz CT molecular complexity index is 786. The summed E-state index contributed by atoms with van der Waals surface area (Å²) in [6, 6.07) is 3.18. The molecule has 0 unspecified atom stereocenters. The van der Waals surface area contributed by atoms with Gasteiger partial charge >= 0.3 is 17.6 Å². The highest BCUT2D eigenvalue weighted by Crippen LogP contribution is 2.35. The number of nitro benzene ring substituents is 2. The zero-order chi connectivity index (χ0) is 17.4. The average molecular weight is 332 g/mol. The van der Waals surface area contributed by atoms with Crippen LogP contribution in [0, 0.1) is 20.2 Å². The van der Waals surface area contributed by atoms with Gasteiger partial charge in [0.2, 0.25) is 5.88 Å². The Labute approximate surface area is 125 Å². The van der Waals surface area contributed by atoms with Gasteiger partial charge in [-0.1, -0.05) is 0 Å². The molecule has 1 aromatic heterocycles. The van der Waals surface area contributed by atoms with E-state index < -0.39 is 39.0 Å². The van der Waals surface area contributed by atoms with Gasteiger partial charge in [-0.05, 0) is 6.07 Å². The fraction of sp³-hybridized carbons (Fsp3) is 0.182. The van der Waals surface area contributed by atoms with Crippen LogP contribution in [-0.4, -0.2) is 19.6 Å². The molecule has 0 saturated carbocycles. The smallest absolute Gasteiger partial charge is 0.433 e. The minimum Gasteiger partial charge on any atom is -0.437 e. The molecule has 0 atom stereocenters. The molecule has 0 aliphatic rings. The topological polar surface area (TPSA) is 113 Å². The third kappa shape index (κ3) is 3.36. The van der Waals surface area contributed by atoms with Crippen molar-refractivity contribution in [2.24, 2.45) is 7.05 Å². The van der Waals surface area contributed by atoms with Crippen molar-refractivity contribution in [3.05, 3.63) is 50.2 Å². The number of rotatable bonds is 4. The van der Waals surface area contributed by atoms with Crippen molar-refractivity contribution in [2.45, 2.75) is 6.18 Å². The molecule has 0 saturated heterocycles. The van der Waals surface area contributed by atoms with E-state index >= 15 is 0 Å². The summed E-state index contributed by atoms with van der Waals surface area (Å²) in [5, 5.41) is 24.9. The molecule has 0 aliphatic carbocycles. The molecular formula is C11H7F3N4O5. The number of hydrogen-bond acceptors (Lipinski definition) is 6. The van der Waals surface area contributed by atoms with E-state index in [-0.39, 0.29) is 5.75 Å². The Hall–Kier alpha value is -3.18. The van der Waals surface area contributed by atoms with Gasteiger partial charge in [-0.3, -0.25) is 24.9 Å². The van der Waals surface area contributed by atoms with E-state index in [1.165, 1.54) is 0 Å². The van der Waals surface area contributed by atoms with Crippen LogP contribution in [0.3, 0.4) is 0 Å². The standard InChI is InChI=1S/C11H7F3N4O5/c1-16-9(11(12,13)14)5-10(15-16)23-6-2-3-7(17(19)20)8(4-6)18(21)22/h2-5H,1H3. The number of ether oxygens (including phenoxy) is 1. The zero-order valence-corrected chi connectivity index (χ0v) is 11.3. The molecule has 0 N–H and O–H groups in total. The van der Waals surface area contributed by atoms with Gasteiger partial charge in [0.05, 0.1) is 15.9 Å². The second-order valence-corrected chi connectivity index (χ2v) is 4.26. The molecule has 122 valence electrons. The SMILES string of the molecule is Cn1nc(Oc2ccc([N+](=O)[O-])c([N+](=O)[O-])c2)cc1C(F)(F)F. The Morgan fingerprint density at radius 2 is 1.74 bits per heavy atom. The second-order valence-electron chi connectivity index (χ2n) is 4.26. The van der Waals surface area contributed by atoms with Crippen LogP contribution >= 0.6 is 0 Å². The first-order valence-corrected chi connectivity index (χ1v) is 5.81. The second kappa shape index (κ2) is 5.55. The van der Waals surface area contributed by atoms with Crippen molar-refractivity contribution in [1.29, 1.82) is 0 Å². The fourth-order valence-corrected chi connectivity index (χ4v) is 1.74. The fourth-order valence-electron chi connectivity index (χ4n) is 1.74. The minimum absolute atomic E-state index is 0.255. The zero-order valence-electron chi connectivity index (χ0n) is 11.3. The maximum Gasteiger partial charge on any atom is 0.433 e. The normalized spacial score (nSPS) is 11.3. The lowest BCUT2D eigenvalue weighted by atomic mass is 10.2. The molecule has 0 amide bonds. The Balaban J connectivity index is 2.36. The van der Waals surface area contributed by atoms with Gasteiger partial charge in [0, 0.05) is 19.2 Å². The van der Waals surface area contributed by atoms with Crippen LogP contribution < -0.4 is 4.74 Å². The van der Waals surface area contributed by atoms with E-state index in [0.29, 0.717) is 10.7 Å². The van der Waals surface area contributed by atoms with Gasteiger partial charge in [-0.2, -0.15) is 13.2 Å². The summed E-state index contributed by atoms with van der Waals surface area (Å²) >= 11 is 0. The number of hydrogen-bond donors (Lipinski definition) is 0. The first kappa shape index (κ1) is 16.2. The van der Waals surface area contributed by atoms with Gasteiger partial charge in [0.15, 0.2) is 0 Å². The van der Waals surface area contributed by atoms with Crippen LogP contribution in [0.25, 0.3) is 0 Å². The summed E-state index contributed by atoms with van der Waals surface area (Å²) in [6.45, 7) is 0. The lowest BCUT2D eigenvalue weighted by Gasteiger charge is -2.04. The molecule has 12 heteroatoms. The monoisotopic (exact) mass is 332 g/mol. The molecule has 0 radical (unpaired) electrons. The van der Waals surface area contributed by atoms with Crippen molar-refractivity contribution in [2.75, 3.05) is 0 Å². The van der Waals surface area contributed by atoms with Crippen LogP contribution in [0.5, 0.6) is 11.6 Å². The maximum absolute atomic E-state index is 12.6. The molecule has 0 aliphatic heterocycles. The molecule has 0 fully saturated rings. The lowest BCUT2D eigenvalue weighted by Crippen LogP contribution is -2.11. The maximum atomic E-state index is 12.6. The summed E-state index contributed by atoms with van der Waals surface area (Å²) in [5.41, 5.74) is -2.69. The number of benzene rings is 1. The largest absolute Gasteiger partial charge is 0.437 e. The van der Waals surface area contributed by atoms with Gasteiger partial charge in [0.25, 0.3) is 0 Å². The molecule has 9 nitrogen and oxygen atoms in total. The number of nitrogens with zero attached hydrogens (tertiary/aromatic N) is 4. The van der Waals surface area contributed by atoms with E-state index in [1.54, 1.807) is 0 Å². The van der Waals surface area contributed by atoms with Crippen LogP contribution in [0.2, 0.25) is 0 Å². The van der Waals surface area contributed by atoms with Gasteiger partial charge in [-0.25, -0.2) is 0 Å². The minimum atomic E-state index is -4.65. The van der Waals surface area contributed by atoms with Crippen LogP contribution in [-0.2, 0) is 13.2 Å². The third-order valence-electron chi connectivity index (χ3n) is 2.71. The summed E-state index contributed by atoms with van der Waals surface area (Å²) in [4.78, 5) is 19.5. The van der Waals surface area contributed by atoms with Crippen LogP contribution in [0.1, 0.15) is 5.69 Å².